The van der Waals surface area contributed by atoms with Crippen molar-refractivity contribution < 1.29 is 13.6 Å². The van der Waals surface area contributed by atoms with Crippen LogP contribution in [-0.4, -0.2) is 34.4 Å². The van der Waals surface area contributed by atoms with Gasteiger partial charge in [0.25, 0.3) is 0 Å². The number of rotatable bonds is 4. The Labute approximate surface area is 138 Å². The van der Waals surface area contributed by atoms with Crippen molar-refractivity contribution in [2.45, 2.75) is 24.9 Å². The third-order valence-corrected chi connectivity index (χ3v) is 4.49. The molecule has 1 aliphatic rings. The number of nitrogens with zero attached hydrogens (tertiary/aromatic N) is 3. The van der Waals surface area contributed by atoms with Crippen molar-refractivity contribution in [2.24, 2.45) is 0 Å². The molecule has 2 heterocycles. The van der Waals surface area contributed by atoms with Gasteiger partial charge in [0.15, 0.2) is 11.6 Å². The van der Waals surface area contributed by atoms with E-state index >= 15 is 0 Å². The highest BCUT2D eigenvalue weighted by Crippen LogP contribution is 2.39. The first kappa shape index (κ1) is 16.4. The minimum Gasteiger partial charge on any atom is -0.357 e. The number of amides is 1. The van der Waals surface area contributed by atoms with Gasteiger partial charge in [0, 0.05) is 31.5 Å². The van der Waals surface area contributed by atoms with Crippen LogP contribution in [0.2, 0.25) is 0 Å². The van der Waals surface area contributed by atoms with Gasteiger partial charge in [-0.05, 0) is 25.5 Å². The highest BCUT2D eigenvalue weighted by atomic mass is 19.2. The van der Waals surface area contributed by atoms with E-state index < -0.39 is 17.2 Å². The summed E-state index contributed by atoms with van der Waals surface area (Å²) in [5.41, 5.74) is -0.297. The molecule has 1 aromatic heterocycles. The molecule has 24 heavy (non-hydrogen) atoms. The van der Waals surface area contributed by atoms with E-state index in [-0.39, 0.29) is 18.0 Å². The summed E-state index contributed by atoms with van der Waals surface area (Å²) in [5, 5.41) is 2.67. The zero-order valence-electron chi connectivity index (χ0n) is 13.3. The molecule has 0 aliphatic carbocycles. The fourth-order valence-electron chi connectivity index (χ4n) is 3.35. The summed E-state index contributed by atoms with van der Waals surface area (Å²) in [4.78, 5) is 22.9. The Kier molecular flexibility index (Phi) is 4.53. The summed E-state index contributed by atoms with van der Waals surface area (Å²) in [7, 11) is 1.56. The van der Waals surface area contributed by atoms with Gasteiger partial charge < -0.3 is 5.32 Å². The second kappa shape index (κ2) is 6.60. The summed E-state index contributed by atoms with van der Waals surface area (Å²) in [6, 6.07) is 4.08. The van der Waals surface area contributed by atoms with E-state index in [1.54, 1.807) is 13.2 Å². The SMILES string of the molecule is CNC(=O)[C@@]1(c2cnccn2)CCCN1Cc1cccc(F)c1F. The molecule has 0 spiro atoms. The number of nitrogens with one attached hydrogen (secondary N) is 1. The number of benzene rings is 1. The van der Waals surface area contributed by atoms with Crippen LogP contribution in [0.15, 0.2) is 36.8 Å². The molecular formula is C17H18F2N4O. The zero-order valence-corrected chi connectivity index (χ0v) is 13.3. The number of aromatic nitrogens is 2. The maximum absolute atomic E-state index is 14.1. The van der Waals surface area contributed by atoms with Crippen LogP contribution < -0.4 is 5.32 Å². The van der Waals surface area contributed by atoms with Crippen molar-refractivity contribution >= 4 is 5.91 Å². The summed E-state index contributed by atoms with van der Waals surface area (Å²) < 4.78 is 27.6. The second-order valence-corrected chi connectivity index (χ2v) is 5.77. The van der Waals surface area contributed by atoms with Crippen molar-refractivity contribution in [2.75, 3.05) is 13.6 Å². The van der Waals surface area contributed by atoms with Gasteiger partial charge in [0.2, 0.25) is 5.91 Å². The van der Waals surface area contributed by atoms with Gasteiger partial charge in [-0.3, -0.25) is 19.7 Å². The van der Waals surface area contributed by atoms with Crippen LogP contribution in [0.25, 0.3) is 0 Å². The van der Waals surface area contributed by atoms with Gasteiger partial charge >= 0.3 is 0 Å². The topological polar surface area (TPSA) is 58.1 Å². The molecule has 5 nitrogen and oxygen atoms in total. The van der Waals surface area contributed by atoms with Gasteiger partial charge in [-0.15, -0.1) is 0 Å². The average Bonchev–Trinajstić information content (AvgIpc) is 3.03. The molecule has 3 rings (SSSR count). The third-order valence-electron chi connectivity index (χ3n) is 4.49. The predicted molar refractivity (Wildman–Crippen MR) is 83.8 cm³/mol. The standard InChI is InChI=1S/C17H18F2N4O/c1-20-16(24)17(14-10-21-7-8-22-14)6-3-9-23(17)11-12-4-2-5-13(18)15(12)19/h2,4-5,7-8,10H,3,6,9,11H2,1H3,(H,20,24)/t17-/m0/s1. The number of halogens is 2. The van der Waals surface area contributed by atoms with E-state index in [1.165, 1.54) is 24.5 Å². The minimum atomic E-state index is -1.03. The number of carbonyl (C=O) groups is 1. The van der Waals surface area contributed by atoms with Crippen molar-refractivity contribution in [1.29, 1.82) is 0 Å². The van der Waals surface area contributed by atoms with Gasteiger partial charge in [-0.2, -0.15) is 0 Å². The van der Waals surface area contributed by atoms with E-state index in [2.05, 4.69) is 15.3 Å². The Bertz CT molecular complexity index is 741. The highest BCUT2D eigenvalue weighted by molar-refractivity contribution is 5.87. The maximum Gasteiger partial charge on any atom is 0.246 e. The van der Waals surface area contributed by atoms with Crippen LogP contribution in [0.1, 0.15) is 24.1 Å². The largest absolute Gasteiger partial charge is 0.357 e. The van der Waals surface area contributed by atoms with Crippen molar-refractivity contribution in [1.82, 2.24) is 20.2 Å². The van der Waals surface area contributed by atoms with E-state index in [0.29, 0.717) is 18.7 Å². The lowest BCUT2D eigenvalue weighted by Gasteiger charge is -2.36. The van der Waals surface area contributed by atoms with Gasteiger partial charge in [0.1, 0.15) is 5.54 Å². The Morgan fingerprint density at radius 3 is 2.92 bits per heavy atom. The molecule has 0 unspecified atom stereocenters. The van der Waals surface area contributed by atoms with Crippen LogP contribution in [0.5, 0.6) is 0 Å². The highest BCUT2D eigenvalue weighted by Gasteiger charge is 2.49. The molecule has 1 aromatic carbocycles. The molecule has 126 valence electrons. The maximum atomic E-state index is 14.1. The second-order valence-electron chi connectivity index (χ2n) is 5.77. The number of likely N-dealkylation sites (tertiary alicyclic amines) is 1. The predicted octanol–water partition coefficient (Wildman–Crippen LogP) is 1.99. The normalized spacial score (nSPS) is 21.0. The zero-order chi connectivity index (χ0) is 17.2. The number of hydrogen-bond acceptors (Lipinski definition) is 4. The molecule has 2 aromatic rings. The number of likely N-dealkylation sites (N-methyl/N-ethyl adjacent to an activating group) is 1. The Hall–Kier alpha value is -2.41. The first-order valence-corrected chi connectivity index (χ1v) is 7.76. The molecule has 0 saturated carbocycles. The lowest BCUT2D eigenvalue weighted by Crippen LogP contribution is -2.52. The average molecular weight is 332 g/mol. The molecule has 1 saturated heterocycles. The lowest BCUT2D eigenvalue weighted by molar-refractivity contribution is -0.132. The molecule has 0 bridgehead atoms. The van der Waals surface area contributed by atoms with Crippen LogP contribution >= 0.6 is 0 Å². The Balaban J connectivity index is 2.02. The van der Waals surface area contributed by atoms with Crippen LogP contribution in [0.3, 0.4) is 0 Å². The first-order chi connectivity index (χ1) is 11.6. The van der Waals surface area contributed by atoms with Crippen molar-refractivity contribution in [3.05, 3.63) is 59.7 Å². The van der Waals surface area contributed by atoms with E-state index in [1.807, 2.05) is 4.90 Å². The fourth-order valence-corrected chi connectivity index (χ4v) is 3.35. The summed E-state index contributed by atoms with van der Waals surface area (Å²) in [6.07, 6.45) is 5.91. The van der Waals surface area contributed by atoms with Gasteiger partial charge in [0.05, 0.1) is 11.9 Å². The smallest absolute Gasteiger partial charge is 0.246 e. The van der Waals surface area contributed by atoms with E-state index in [0.717, 1.165) is 12.5 Å². The van der Waals surface area contributed by atoms with Gasteiger partial charge in [-0.1, -0.05) is 12.1 Å². The van der Waals surface area contributed by atoms with Crippen LogP contribution in [0, 0.1) is 11.6 Å². The molecule has 1 atom stereocenters. The Morgan fingerprint density at radius 1 is 1.38 bits per heavy atom. The molecule has 7 heteroatoms. The molecule has 1 fully saturated rings. The van der Waals surface area contributed by atoms with E-state index in [9.17, 15) is 13.6 Å². The molecule has 1 amide bonds. The third kappa shape index (κ3) is 2.65. The van der Waals surface area contributed by atoms with Gasteiger partial charge in [-0.25, -0.2) is 8.78 Å². The number of carbonyl (C=O) groups excluding carboxylic acids is 1. The molecule has 1 N–H and O–H groups in total. The molecule has 0 radical (unpaired) electrons. The van der Waals surface area contributed by atoms with Crippen molar-refractivity contribution in [3.8, 4) is 0 Å². The van der Waals surface area contributed by atoms with E-state index in [4.69, 9.17) is 0 Å². The summed E-state index contributed by atoms with van der Waals surface area (Å²) in [5.74, 6) is -2.00. The monoisotopic (exact) mass is 332 g/mol. The van der Waals surface area contributed by atoms with Crippen LogP contribution in [0.4, 0.5) is 8.78 Å². The quantitative estimate of drug-likeness (QED) is 0.930. The summed E-state index contributed by atoms with van der Waals surface area (Å²) >= 11 is 0. The summed E-state index contributed by atoms with van der Waals surface area (Å²) in [6.45, 7) is 0.702. The van der Waals surface area contributed by atoms with Crippen molar-refractivity contribution in [3.63, 3.8) is 0 Å². The molecule has 1 aliphatic heterocycles. The lowest BCUT2D eigenvalue weighted by atomic mass is 9.90. The first-order valence-electron chi connectivity index (χ1n) is 7.76. The molecular weight excluding hydrogens is 314 g/mol. The fraction of sp³-hybridized carbons (Fsp3) is 0.353. The Morgan fingerprint density at radius 2 is 2.21 bits per heavy atom. The number of hydrogen-bond donors (Lipinski definition) is 1. The van der Waals surface area contributed by atoms with Crippen LogP contribution in [-0.2, 0) is 16.9 Å². The minimum absolute atomic E-state index is 0.119.